The summed E-state index contributed by atoms with van der Waals surface area (Å²) in [4.78, 5) is 9.68. The van der Waals surface area contributed by atoms with Crippen LogP contribution in [0.15, 0.2) is 103 Å². The fraction of sp³-hybridized carbons (Fsp3) is 0. The lowest BCUT2D eigenvalue weighted by atomic mass is 10.0. The second-order valence-corrected chi connectivity index (χ2v) is 7.30. The van der Waals surface area contributed by atoms with Crippen molar-refractivity contribution in [3.63, 3.8) is 0 Å². The van der Waals surface area contributed by atoms with E-state index in [1.165, 1.54) is 11.1 Å². The zero-order chi connectivity index (χ0) is 19.6. The maximum atomic E-state index is 6.19. The lowest BCUT2D eigenvalue weighted by Gasteiger charge is -2.10. The smallest absolute Gasteiger partial charge is 0.160 e. The molecule has 29 heavy (non-hydrogen) atoms. The highest BCUT2D eigenvalue weighted by Crippen LogP contribution is 2.31. The SMILES string of the molecule is Clc1cccc(-c2nc(-c3ccc(-c4ccccc4)cc3)c3ccccc3n2)c1. The fourth-order valence-corrected chi connectivity index (χ4v) is 3.69. The van der Waals surface area contributed by atoms with Gasteiger partial charge in [-0.1, -0.05) is 96.5 Å². The molecule has 0 atom stereocenters. The van der Waals surface area contributed by atoms with Crippen LogP contribution in [0.2, 0.25) is 5.02 Å². The van der Waals surface area contributed by atoms with Crippen molar-refractivity contribution in [3.8, 4) is 33.8 Å². The number of benzene rings is 4. The standard InChI is InChI=1S/C26H17ClN2/c27-22-10-6-9-21(17-22)26-28-24-12-5-4-11-23(24)25(29-26)20-15-13-19(14-16-20)18-7-2-1-3-8-18/h1-17H. The van der Waals surface area contributed by atoms with E-state index in [2.05, 4.69) is 54.6 Å². The van der Waals surface area contributed by atoms with Crippen LogP contribution < -0.4 is 0 Å². The Morgan fingerprint density at radius 1 is 0.517 bits per heavy atom. The minimum Gasteiger partial charge on any atom is -0.228 e. The van der Waals surface area contributed by atoms with Crippen LogP contribution >= 0.6 is 11.6 Å². The average Bonchev–Trinajstić information content (AvgIpc) is 2.79. The van der Waals surface area contributed by atoms with E-state index in [-0.39, 0.29) is 0 Å². The highest BCUT2D eigenvalue weighted by Gasteiger charge is 2.11. The van der Waals surface area contributed by atoms with E-state index in [4.69, 9.17) is 21.6 Å². The summed E-state index contributed by atoms with van der Waals surface area (Å²) in [7, 11) is 0. The van der Waals surface area contributed by atoms with E-state index < -0.39 is 0 Å². The number of nitrogens with zero attached hydrogens (tertiary/aromatic N) is 2. The van der Waals surface area contributed by atoms with Crippen molar-refractivity contribution in [2.24, 2.45) is 0 Å². The molecule has 0 unspecified atom stereocenters. The Hall–Kier alpha value is -3.49. The summed E-state index contributed by atoms with van der Waals surface area (Å²) >= 11 is 6.19. The zero-order valence-corrected chi connectivity index (χ0v) is 16.3. The van der Waals surface area contributed by atoms with Gasteiger partial charge in [0.2, 0.25) is 0 Å². The molecule has 0 aliphatic rings. The molecule has 0 amide bonds. The fourth-order valence-electron chi connectivity index (χ4n) is 3.50. The van der Waals surface area contributed by atoms with Gasteiger partial charge in [-0.25, -0.2) is 9.97 Å². The third kappa shape index (κ3) is 3.51. The molecule has 0 saturated heterocycles. The van der Waals surface area contributed by atoms with Crippen LogP contribution in [-0.4, -0.2) is 9.97 Å². The second kappa shape index (κ2) is 7.50. The molecule has 0 aliphatic heterocycles. The van der Waals surface area contributed by atoms with Gasteiger partial charge in [-0.2, -0.15) is 0 Å². The predicted molar refractivity (Wildman–Crippen MR) is 121 cm³/mol. The molecule has 1 aromatic heterocycles. The predicted octanol–water partition coefficient (Wildman–Crippen LogP) is 7.28. The molecule has 0 aliphatic carbocycles. The Balaban J connectivity index is 1.66. The quantitative estimate of drug-likeness (QED) is 0.322. The van der Waals surface area contributed by atoms with Crippen molar-refractivity contribution >= 4 is 22.5 Å². The summed E-state index contributed by atoms with van der Waals surface area (Å²) in [5.41, 5.74) is 6.19. The molecule has 0 saturated carbocycles. The van der Waals surface area contributed by atoms with E-state index in [1.54, 1.807) is 0 Å². The average molecular weight is 393 g/mol. The molecular weight excluding hydrogens is 376 g/mol. The third-order valence-corrected chi connectivity index (χ3v) is 5.19. The van der Waals surface area contributed by atoms with E-state index >= 15 is 0 Å². The second-order valence-electron chi connectivity index (χ2n) is 6.87. The van der Waals surface area contributed by atoms with Crippen molar-refractivity contribution in [3.05, 3.63) is 108 Å². The van der Waals surface area contributed by atoms with Gasteiger partial charge < -0.3 is 0 Å². The minimum atomic E-state index is 0.674. The van der Waals surface area contributed by atoms with Gasteiger partial charge in [-0.3, -0.25) is 0 Å². The summed E-state index contributed by atoms with van der Waals surface area (Å²) in [6.07, 6.45) is 0. The maximum Gasteiger partial charge on any atom is 0.160 e. The molecule has 0 bridgehead atoms. The highest BCUT2D eigenvalue weighted by atomic mass is 35.5. The summed E-state index contributed by atoms with van der Waals surface area (Å²) in [6.45, 7) is 0. The van der Waals surface area contributed by atoms with Crippen LogP contribution in [0, 0.1) is 0 Å². The number of hydrogen-bond donors (Lipinski definition) is 0. The monoisotopic (exact) mass is 392 g/mol. The van der Waals surface area contributed by atoms with Gasteiger partial charge >= 0.3 is 0 Å². The van der Waals surface area contributed by atoms with Crippen LogP contribution in [0.25, 0.3) is 44.7 Å². The first kappa shape index (κ1) is 17.6. The number of para-hydroxylation sites is 1. The number of fused-ring (bicyclic) bond motifs is 1. The van der Waals surface area contributed by atoms with Crippen LogP contribution in [-0.2, 0) is 0 Å². The van der Waals surface area contributed by atoms with Crippen LogP contribution in [0.5, 0.6) is 0 Å². The molecule has 5 rings (SSSR count). The van der Waals surface area contributed by atoms with Gasteiger partial charge in [0, 0.05) is 21.5 Å². The first-order valence-corrected chi connectivity index (χ1v) is 9.84. The van der Waals surface area contributed by atoms with Crippen LogP contribution in [0.1, 0.15) is 0 Å². The molecule has 1 heterocycles. The van der Waals surface area contributed by atoms with Gasteiger partial charge in [0.1, 0.15) is 0 Å². The van der Waals surface area contributed by atoms with Gasteiger partial charge in [-0.15, -0.1) is 0 Å². The first-order valence-electron chi connectivity index (χ1n) is 9.46. The van der Waals surface area contributed by atoms with E-state index in [9.17, 15) is 0 Å². The summed E-state index contributed by atoms with van der Waals surface area (Å²) in [5.74, 6) is 0.674. The molecular formula is C26H17ClN2. The van der Waals surface area contributed by atoms with E-state index in [1.807, 2.05) is 48.5 Å². The van der Waals surface area contributed by atoms with E-state index in [0.717, 1.165) is 27.7 Å². The van der Waals surface area contributed by atoms with Crippen LogP contribution in [0.3, 0.4) is 0 Å². The van der Waals surface area contributed by atoms with Gasteiger partial charge in [-0.05, 0) is 29.3 Å². The van der Waals surface area contributed by atoms with Crippen molar-refractivity contribution in [1.29, 1.82) is 0 Å². The number of halogens is 1. The maximum absolute atomic E-state index is 6.19. The van der Waals surface area contributed by atoms with Crippen molar-refractivity contribution < 1.29 is 0 Å². The molecule has 138 valence electrons. The molecule has 0 spiro atoms. The van der Waals surface area contributed by atoms with Crippen molar-refractivity contribution in [1.82, 2.24) is 9.97 Å². The Labute approximate surface area is 174 Å². The minimum absolute atomic E-state index is 0.674. The molecule has 0 radical (unpaired) electrons. The largest absolute Gasteiger partial charge is 0.228 e. The summed E-state index contributed by atoms with van der Waals surface area (Å²) in [6, 6.07) is 34.7. The molecule has 5 aromatic rings. The first-order chi connectivity index (χ1) is 14.3. The normalized spacial score (nSPS) is 10.9. The van der Waals surface area contributed by atoms with E-state index in [0.29, 0.717) is 10.8 Å². The molecule has 3 heteroatoms. The van der Waals surface area contributed by atoms with Crippen LogP contribution in [0.4, 0.5) is 0 Å². The van der Waals surface area contributed by atoms with Crippen molar-refractivity contribution in [2.45, 2.75) is 0 Å². The number of hydrogen-bond acceptors (Lipinski definition) is 2. The van der Waals surface area contributed by atoms with Gasteiger partial charge in [0.15, 0.2) is 5.82 Å². The molecule has 0 N–H and O–H groups in total. The number of rotatable bonds is 3. The van der Waals surface area contributed by atoms with Gasteiger partial charge in [0.25, 0.3) is 0 Å². The van der Waals surface area contributed by atoms with Gasteiger partial charge in [0.05, 0.1) is 11.2 Å². The lowest BCUT2D eigenvalue weighted by Crippen LogP contribution is -1.95. The number of aromatic nitrogens is 2. The Morgan fingerprint density at radius 2 is 1.17 bits per heavy atom. The summed E-state index contributed by atoms with van der Waals surface area (Å²) < 4.78 is 0. The zero-order valence-electron chi connectivity index (χ0n) is 15.6. The topological polar surface area (TPSA) is 25.8 Å². The molecule has 0 fully saturated rings. The van der Waals surface area contributed by atoms with Crippen molar-refractivity contribution in [2.75, 3.05) is 0 Å². The Morgan fingerprint density at radius 3 is 1.97 bits per heavy atom. The molecule has 2 nitrogen and oxygen atoms in total. The Bertz CT molecular complexity index is 1300. The highest BCUT2D eigenvalue weighted by molar-refractivity contribution is 6.30. The summed E-state index contributed by atoms with van der Waals surface area (Å²) in [5, 5.41) is 1.71. The molecule has 4 aromatic carbocycles. The lowest BCUT2D eigenvalue weighted by molar-refractivity contribution is 1.23. The third-order valence-electron chi connectivity index (χ3n) is 4.95. The Kier molecular flexibility index (Phi) is 4.55.